The van der Waals surface area contributed by atoms with Crippen LogP contribution >= 0.6 is 11.6 Å². The Labute approximate surface area is 124 Å². The Kier molecular flexibility index (Phi) is 5.39. The van der Waals surface area contributed by atoms with Gasteiger partial charge in [0.25, 0.3) is 0 Å². The smallest absolute Gasteiger partial charge is 0.241 e. The number of anilines is 2. The Bertz CT molecular complexity index is 486. The lowest BCUT2D eigenvalue weighted by Gasteiger charge is -2.29. The van der Waals surface area contributed by atoms with Crippen molar-refractivity contribution >= 4 is 28.9 Å². The van der Waals surface area contributed by atoms with E-state index in [0.29, 0.717) is 22.9 Å². The number of hydrogen-bond donors (Lipinski definition) is 3. The lowest BCUT2D eigenvalue weighted by molar-refractivity contribution is -0.121. The SMILES string of the molecule is CC(C(=O)Nc1ccc(N)cc1Cl)N(C)CC(C)(C)O. The van der Waals surface area contributed by atoms with Crippen LogP contribution in [0.15, 0.2) is 18.2 Å². The number of benzene rings is 1. The molecule has 5 nitrogen and oxygen atoms in total. The lowest BCUT2D eigenvalue weighted by atomic mass is 10.1. The van der Waals surface area contributed by atoms with Gasteiger partial charge in [-0.3, -0.25) is 9.69 Å². The molecular formula is C14H22ClN3O2. The molecule has 112 valence electrons. The number of rotatable bonds is 5. The van der Waals surface area contributed by atoms with Crippen LogP contribution in [0.1, 0.15) is 20.8 Å². The molecule has 0 aromatic heterocycles. The van der Waals surface area contributed by atoms with Crippen LogP contribution in [0.3, 0.4) is 0 Å². The molecule has 0 saturated heterocycles. The lowest BCUT2D eigenvalue weighted by Crippen LogP contribution is -2.46. The second-order valence-corrected chi connectivity index (χ2v) is 6.04. The first kappa shape index (κ1) is 16.8. The van der Waals surface area contributed by atoms with Crippen LogP contribution in [0.4, 0.5) is 11.4 Å². The fourth-order valence-corrected chi connectivity index (χ4v) is 2.05. The van der Waals surface area contributed by atoms with Gasteiger partial charge in [0.05, 0.1) is 22.4 Å². The summed E-state index contributed by atoms with van der Waals surface area (Å²) in [6.07, 6.45) is 0. The average Bonchev–Trinajstić information content (AvgIpc) is 2.29. The van der Waals surface area contributed by atoms with Crippen molar-refractivity contribution < 1.29 is 9.90 Å². The molecule has 0 fully saturated rings. The van der Waals surface area contributed by atoms with Crippen molar-refractivity contribution in [1.82, 2.24) is 4.90 Å². The minimum atomic E-state index is -0.859. The van der Waals surface area contributed by atoms with Crippen LogP contribution in [0, 0.1) is 0 Å². The predicted molar refractivity (Wildman–Crippen MR) is 82.9 cm³/mol. The Morgan fingerprint density at radius 1 is 1.55 bits per heavy atom. The summed E-state index contributed by atoms with van der Waals surface area (Å²) in [6.45, 7) is 5.55. The van der Waals surface area contributed by atoms with Gasteiger partial charge in [-0.25, -0.2) is 0 Å². The first-order valence-corrected chi connectivity index (χ1v) is 6.76. The van der Waals surface area contributed by atoms with Gasteiger partial charge in [-0.05, 0) is 46.0 Å². The van der Waals surface area contributed by atoms with Gasteiger partial charge in [0.15, 0.2) is 0 Å². The highest BCUT2D eigenvalue weighted by atomic mass is 35.5. The molecule has 0 heterocycles. The Morgan fingerprint density at radius 3 is 2.65 bits per heavy atom. The molecule has 0 aliphatic rings. The largest absolute Gasteiger partial charge is 0.399 e. The van der Waals surface area contributed by atoms with E-state index in [2.05, 4.69) is 5.32 Å². The summed E-state index contributed by atoms with van der Waals surface area (Å²) in [5, 5.41) is 12.9. The molecule has 1 aromatic carbocycles. The molecule has 0 spiro atoms. The third-order valence-corrected chi connectivity index (χ3v) is 3.24. The summed E-state index contributed by atoms with van der Waals surface area (Å²) in [6, 6.07) is 4.53. The highest BCUT2D eigenvalue weighted by Gasteiger charge is 2.24. The quantitative estimate of drug-likeness (QED) is 0.726. The van der Waals surface area contributed by atoms with E-state index < -0.39 is 11.6 Å². The van der Waals surface area contributed by atoms with Gasteiger partial charge in [-0.15, -0.1) is 0 Å². The maximum atomic E-state index is 12.2. The van der Waals surface area contributed by atoms with Crippen LogP contribution in [-0.4, -0.2) is 41.1 Å². The number of nitrogens with two attached hydrogens (primary N) is 1. The van der Waals surface area contributed by atoms with Gasteiger partial charge in [-0.2, -0.15) is 0 Å². The molecular weight excluding hydrogens is 278 g/mol. The first-order chi connectivity index (χ1) is 9.10. The number of aliphatic hydroxyl groups is 1. The maximum absolute atomic E-state index is 12.2. The molecule has 0 saturated carbocycles. The zero-order chi connectivity index (χ0) is 15.5. The van der Waals surface area contributed by atoms with E-state index >= 15 is 0 Å². The number of nitrogens with zero attached hydrogens (tertiary/aromatic N) is 1. The van der Waals surface area contributed by atoms with Crippen molar-refractivity contribution in [1.29, 1.82) is 0 Å². The molecule has 1 atom stereocenters. The van der Waals surface area contributed by atoms with Crippen molar-refractivity contribution in [2.45, 2.75) is 32.4 Å². The zero-order valence-corrected chi connectivity index (χ0v) is 13.0. The number of nitrogen functional groups attached to an aromatic ring is 1. The van der Waals surface area contributed by atoms with Crippen molar-refractivity contribution in [3.63, 3.8) is 0 Å². The summed E-state index contributed by atoms with van der Waals surface area (Å²) in [5.74, 6) is -0.191. The minimum Gasteiger partial charge on any atom is -0.399 e. The van der Waals surface area contributed by atoms with Crippen LogP contribution < -0.4 is 11.1 Å². The van der Waals surface area contributed by atoms with Crippen LogP contribution in [-0.2, 0) is 4.79 Å². The van der Waals surface area contributed by atoms with Gasteiger partial charge < -0.3 is 16.2 Å². The van der Waals surface area contributed by atoms with Gasteiger partial charge in [0, 0.05) is 12.2 Å². The molecule has 0 bridgehead atoms. The summed E-state index contributed by atoms with van der Waals surface area (Å²) >= 11 is 6.02. The van der Waals surface area contributed by atoms with E-state index in [1.165, 1.54) is 0 Å². The van der Waals surface area contributed by atoms with Crippen LogP contribution in [0.2, 0.25) is 5.02 Å². The number of hydrogen-bond acceptors (Lipinski definition) is 4. The average molecular weight is 300 g/mol. The number of nitrogens with one attached hydrogen (secondary N) is 1. The molecule has 20 heavy (non-hydrogen) atoms. The van der Waals surface area contributed by atoms with Gasteiger partial charge >= 0.3 is 0 Å². The number of likely N-dealkylation sites (N-methyl/N-ethyl adjacent to an activating group) is 1. The molecule has 1 unspecified atom stereocenters. The molecule has 0 aliphatic heterocycles. The molecule has 1 amide bonds. The van der Waals surface area contributed by atoms with E-state index in [1.807, 2.05) is 0 Å². The fraction of sp³-hybridized carbons (Fsp3) is 0.500. The molecule has 0 aliphatic carbocycles. The third-order valence-electron chi connectivity index (χ3n) is 2.93. The van der Waals surface area contributed by atoms with Crippen molar-refractivity contribution in [3.05, 3.63) is 23.2 Å². The van der Waals surface area contributed by atoms with E-state index in [1.54, 1.807) is 50.9 Å². The number of carbonyl (C=O) groups is 1. The normalized spacial score (nSPS) is 13.3. The van der Waals surface area contributed by atoms with Crippen molar-refractivity contribution in [2.24, 2.45) is 0 Å². The van der Waals surface area contributed by atoms with Gasteiger partial charge in [-0.1, -0.05) is 11.6 Å². The highest BCUT2D eigenvalue weighted by Crippen LogP contribution is 2.24. The minimum absolute atomic E-state index is 0.191. The Hall–Kier alpha value is -1.30. The maximum Gasteiger partial charge on any atom is 0.241 e. The van der Waals surface area contributed by atoms with Crippen LogP contribution in [0.5, 0.6) is 0 Å². The molecule has 6 heteroatoms. The highest BCUT2D eigenvalue weighted by molar-refractivity contribution is 6.34. The first-order valence-electron chi connectivity index (χ1n) is 6.38. The zero-order valence-electron chi connectivity index (χ0n) is 12.3. The fourth-order valence-electron chi connectivity index (χ4n) is 1.82. The second kappa shape index (κ2) is 6.43. The predicted octanol–water partition coefficient (Wildman–Crippen LogP) is 1.95. The van der Waals surface area contributed by atoms with Crippen molar-refractivity contribution in [3.8, 4) is 0 Å². The second-order valence-electron chi connectivity index (χ2n) is 5.63. The molecule has 0 radical (unpaired) electrons. The third kappa shape index (κ3) is 5.00. The van der Waals surface area contributed by atoms with E-state index in [-0.39, 0.29) is 5.91 Å². The Morgan fingerprint density at radius 2 is 2.15 bits per heavy atom. The van der Waals surface area contributed by atoms with Crippen LogP contribution in [0.25, 0.3) is 0 Å². The summed E-state index contributed by atoms with van der Waals surface area (Å²) in [4.78, 5) is 13.9. The molecule has 1 aromatic rings. The summed E-state index contributed by atoms with van der Waals surface area (Å²) < 4.78 is 0. The van der Waals surface area contributed by atoms with E-state index in [9.17, 15) is 9.90 Å². The standard InChI is InChI=1S/C14H22ClN3O2/c1-9(18(4)8-14(2,3)20)13(19)17-12-6-5-10(16)7-11(12)15/h5-7,9,20H,8,16H2,1-4H3,(H,17,19). The van der Waals surface area contributed by atoms with Gasteiger partial charge in [0.2, 0.25) is 5.91 Å². The Balaban J connectivity index is 2.70. The summed E-state index contributed by atoms with van der Waals surface area (Å²) in [7, 11) is 1.78. The number of halogens is 1. The van der Waals surface area contributed by atoms with Crippen molar-refractivity contribution in [2.75, 3.05) is 24.6 Å². The van der Waals surface area contributed by atoms with E-state index in [0.717, 1.165) is 0 Å². The summed E-state index contributed by atoms with van der Waals surface area (Å²) in [5.41, 5.74) is 5.81. The number of amides is 1. The van der Waals surface area contributed by atoms with E-state index in [4.69, 9.17) is 17.3 Å². The monoisotopic (exact) mass is 299 g/mol. The topological polar surface area (TPSA) is 78.6 Å². The number of carbonyl (C=O) groups excluding carboxylic acids is 1. The molecule has 1 rings (SSSR count). The molecule has 4 N–H and O–H groups in total. The van der Waals surface area contributed by atoms with Gasteiger partial charge in [0.1, 0.15) is 0 Å².